The van der Waals surface area contributed by atoms with Crippen LogP contribution in [-0.4, -0.2) is 6.04 Å². The second kappa shape index (κ2) is 5.00. The highest BCUT2D eigenvalue weighted by atomic mass is 14.6. The van der Waals surface area contributed by atoms with Crippen LogP contribution in [-0.2, 0) is 0 Å². The number of hydrogen-bond acceptors (Lipinski definition) is 1. The van der Waals surface area contributed by atoms with Crippen LogP contribution >= 0.6 is 0 Å². The summed E-state index contributed by atoms with van der Waals surface area (Å²) < 4.78 is 0. The van der Waals surface area contributed by atoms with Gasteiger partial charge < -0.3 is 5.73 Å². The summed E-state index contributed by atoms with van der Waals surface area (Å²) in [4.78, 5) is 0. The zero-order valence-electron chi connectivity index (χ0n) is 7.55. The third kappa shape index (κ3) is 3.11. The first-order valence-corrected chi connectivity index (χ1v) is 4.71. The van der Waals surface area contributed by atoms with Crippen LogP contribution in [0.3, 0.4) is 0 Å². The molecule has 0 heterocycles. The van der Waals surface area contributed by atoms with Crippen LogP contribution in [0.5, 0.6) is 0 Å². The maximum atomic E-state index is 5.87. The van der Waals surface area contributed by atoms with E-state index in [1.165, 1.54) is 24.8 Å². The van der Waals surface area contributed by atoms with E-state index in [9.17, 15) is 0 Å². The van der Waals surface area contributed by atoms with E-state index in [0.717, 1.165) is 19.3 Å². The summed E-state index contributed by atoms with van der Waals surface area (Å²) in [5.74, 6) is 2.67. The number of rotatable bonds is 2. The largest absolute Gasteiger partial charge is 0.324 e. The average Bonchev–Trinajstić information content (AvgIpc) is 2.26. The topological polar surface area (TPSA) is 26.0 Å². The minimum Gasteiger partial charge on any atom is -0.324 e. The van der Waals surface area contributed by atoms with Gasteiger partial charge in [0.25, 0.3) is 0 Å². The van der Waals surface area contributed by atoms with E-state index in [0.29, 0.717) is 0 Å². The molecule has 0 radical (unpaired) electrons. The van der Waals surface area contributed by atoms with Gasteiger partial charge in [0.15, 0.2) is 0 Å². The first-order valence-electron chi connectivity index (χ1n) is 4.71. The Morgan fingerprint density at radius 1 is 1.58 bits per heavy atom. The number of nitrogens with two attached hydrogens (primary N) is 1. The van der Waals surface area contributed by atoms with Gasteiger partial charge in [-0.2, -0.15) is 0 Å². The summed E-state index contributed by atoms with van der Waals surface area (Å²) in [5.41, 5.74) is 7.34. The average molecular weight is 163 g/mol. The Hall–Kier alpha value is -0.740. The molecule has 1 atom stereocenters. The van der Waals surface area contributed by atoms with Gasteiger partial charge in [-0.05, 0) is 25.7 Å². The molecule has 0 aliphatic heterocycles. The standard InChI is InChI=1S/C11H17N/c1-2-3-6-10-7-4-5-8-11(12)9-10/h1,9,11H,3-8,12H2. The smallest absolute Gasteiger partial charge is 0.0226 e. The van der Waals surface area contributed by atoms with Crippen molar-refractivity contribution in [3.8, 4) is 12.3 Å². The van der Waals surface area contributed by atoms with E-state index in [-0.39, 0.29) is 6.04 Å². The van der Waals surface area contributed by atoms with E-state index in [2.05, 4.69) is 12.0 Å². The quantitative estimate of drug-likeness (QED) is 0.490. The lowest BCUT2D eigenvalue weighted by Gasteiger charge is -2.03. The molecule has 0 spiro atoms. The van der Waals surface area contributed by atoms with Gasteiger partial charge in [0, 0.05) is 12.5 Å². The molecule has 1 aliphatic carbocycles. The van der Waals surface area contributed by atoms with Gasteiger partial charge in [0.2, 0.25) is 0 Å². The molecule has 0 saturated carbocycles. The lowest BCUT2D eigenvalue weighted by atomic mass is 10.1. The fourth-order valence-electron chi connectivity index (χ4n) is 1.64. The predicted octanol–water partition coefficient (Wildman–Crippen LogP) is 2.23. The van der Waals surface area contributed by atoms with Gasteiger partial charge in [0.1, 0.15) is 0 Å². The molecule has 1 heteroatoms. The van der Waals surface area contributed by atoms with Gasteiger partial charge in [-0.3, -0.25) is 0 Å². The highest BCUT2D eigenvalue weighted by molar-refractivity contribution is 5.09. The second-order valence-corrected chi connectivity index (χ2v) is 3.44. The van der Waals surface area contributed by atoms with Crippen molar-refractivity contribution in [1.29, 1.82) is 0 Å². The zero-order valence-corrected chi connectivity index (χ0v) is 7.55. The molecule has 1 nitrogen and oxygen atoms in total. The van der Waals surface area contributed by atoms with Gasteiger partial charge in [-0.1, -0.05) is 18.1 Å². The minimum absolute atomic E-state index is 0.278. The van der Waals surface area contributed by atoms with Crippen LogP contribution in [0.15, 0.2) is 11.6 Å². The van der Waals surface area contributed by atoms with Gasteiger partial charge >= 0.3 is 0 Å². The molecule has 0 saturated heterocycles. The fourth-order valence-corrected chi connectivity index (χ4v) is 1.64. The van der Waals surface area contributed by atoms with Crippen molar-refractivity contribution in [3.05, 3.63) is 11.6 Å². The molecule has 1 unspecified atom stereocenters. The van der Waals surface area contributed by atoms with Crippen LogP contribution in [0.2, 0.25) is 0 Å². The van der Waals surface area contributed by atoms with Crippen molar-refractivity contribution in [1.82, 2.24) is 0 Å². The first-order chi connectivity index (χ1) is 5.83. The summed E-state index contributed by atoms with van der Waals surface area (Å²) >= 11 is 0. The molecule has 66 valence electrons. The maximum Gasteiger partial charge on any atom is 0.0226 e. The monoisotopic (exact) mass is 163 g/mol. The van der Waals surface area contributed by atoms with Crippen molar-refractivity contribution in [3.63, 3.8) is 0 Å². The molecule has 0 fully saturated rings. The van der Waals surface area contributed by atoms with Crippen LogP contribution in [0.1, 0.15) is 38.5 Å². The molecule has 0 amide bonds. The van der Waals surface area contributed by atoms with Gasteiger partial charge in [0.05, 0.1) is 0 Å². The molecule has 1 rings (SSSR count). The lowest BCUT2D eigenvalue weighted by Crippen LogP contribution is -2.15. The SMILES string of the molecule is C#CCCC1=CC(N)CCCC1. The highest BCUT2D eigenvalue weighted by Gasteiger charge is 2.07. The Morgan fingerprint density at radius 2 is 2.42 bits per heavy atom. The molecule has 0 bridgehead atoms. The summed E-state index contributed by atoms with van der Waals surface area (Å²) in [5, 5.41) is 0. The third-order valence-corrected chi connectivity index (χ3v) is 2.33. The van der Waals surface area contributed by atoms with Crippen LogP contribution < -0.4 is 5.73 Å². The maximum absolute atomic E-state index is 5.87. The number of allylic oxidation sites excluding steroid dienone is 1. The Balaban J connectivity index is 2.43. The van der Waals surface area contributed by atoms with Crippen LogP contribution in [0.4, 0.5) is 0 Å². The highest BCUT2D eigenvalue weighted by Crippen LogP contribution is 2.19. The lowest BCUT2D eigenvalue weighted by molar-refractivity contribution is 0.653. The molecule has 0 aromatic heterocycles. The predicted molar refractivity (Wildman–Crippen MR) is 52.6 cm³/mol. The fraction of sp³-hybridized carbons (Fsp3) is 0.636. The summed E-state index contributed by atoms with van der Waals surface area (Å²) in [6, 6.07) is 0.278. The summed E-state index contributed by atoms with van der Waals surface area (Å²) in [7, 11) is 0. The molecule has 12 heavy (non-hydrogen) atoms. The number of hydrogen-bond donors (Lipinski definition) is 1. The molecule has 1 aliphatic rings. The van der Waals surface area contributed by atoms with Crippen LogP contribution in [0, 0.1) is 12.3 Å². The van der Waals surface area contributed by atoms with E-state index in [1.807, 2.05) is 0 Å². The zero-order chi connectivity index (χ0) is 8.81. The van der Waals surface area contributed by atoms with E-state index >= 15 is 0 Å². The van der Waals surface area contributed by atoms with Crippen molar-refractivity contribution in [2.45, 2.75) is 44.6 Å². The first kappa shape index (κ1) is 9.35. The molecule has 2 N–H and O–H groups in total. The van der Waals surface area contributed by atoms with Gasteiger partial charge in [-0.25, -0.2) is 0 Å². The Morgan fingerprint density at radius 3 is 3.17 bits per heavy atom. The third-order valence-electron chi connectivity index (χ3n) is 2.33. The van der Waals surface area contributed by atoms with Crippen molar-refractivity contribution < 1.29 is 0 Å². The van der Waals surface area contributed by atoms with E-state index in [1.54, 1.807) is 0 Å². The minimum atomic E-state index is 0.278. The molecular weight excluding hydrogens is 146 g/mol. The summed E-state index contributed by atoms with van der Waals surface area (Å²) in [6.07, 6.45) is 14.2. The second-order valence-electron chi connectivity index (χ2n) is 3.44. The number of terminal acetylenes is 1. The van der Waals surface area contributed by atoms with E-state index in [4.69, 9.17) is 12.2 Å². The Kier molecular flexibility index (Phi) is 3.90. The van der Waals surface area contributed by atoms with Crippen molar-refractivity contribution >= 4 is 0 Å². The summed E-state index contributed by atoms with van der Waals surface area (Å²) in [6.45, 7) is 0. The molecule has 0 aromatic rings. The Bertz CT molecular complexity index is 198. The molecule has 0 aromatic carbocycles. The van der Waals surface area contributed by atoms with Crippen molar-refractivity contribution in [2.24, 2.45) is 5.73 Å². The van der Waals surface area contributed by atoms with Gasteiger partial charge in [-0.15, -0.1) is 12.3 Å². The van der Waals surface area contributed by atoms with E-state index < -0.39 is 0 Å². The Labute approximate surface area is 75.0 Å². The van der Waals surface area contributed by atoms with Crippen molar-refractivity contribution in [2.75, 3.05) is 0 Å². The normalized spacial score (nSPS) is 24.0. The van der Waals surface area contributed by atoms with Crippen LogP contribution in [0.25, 0.3) is 0 Å². The molecular formula is C11H17N.